The minimum atomic E-state index is -0.751. The van der Waals surface area contributed by atoms with Gasteiger partial charge in [-0.2, -0.15) is 0 Å². The van der Waals surface area contributed by atoms with Crippen LogP contribution in [0.1, 0.15) is 47.0 Å². The summed E-state index contributed by atoms with van der Waals surface area (Å²) in [5, 5.41) is 12.7. The molecule has 124 valence electrons. The molecule has 0 amide bonds. The Morgan fingerprint density at radius 1 is 1.29 bits per heavy atom. The lowest BCUT2D eigenvalue weighted by Crippen LogP contribution is -2.55. The van der Waals surface area contributed by atoms with Crippen LogP contribution in [-0.4, -0.2) is 71.7 Å². The summed E-state index contributed by atoms with van der Waals surface area (Å²) in [6.07, 6.45) is 2.25. The number of likely N-dealkylation sites (N-methyl/N-ethyl adjacent to an activating group) is 2. The molecule has 0 aliphatic carbocycles. The van der Waals surface area contributed by atoms with Crippen molar-refractivity contribution in [2.45, 2.75) is 64.6 Å². The van der Waals surface area contributed by atoms with Gasteiger partial charge >= 0.3 is 5.97 Å². The number of carboxylic acid groups (broad SMARTS) is 1. The summed E-state index contributed by atoms with van der Waals surface area (Å²) in [7, 11) is 2.18. The van der Waals surface area contributed by atoms with Crippen LogP contribution >= 0.6 is 0 Å². The molecule has 1 aliphatic rings. The Hall–Kier alpha value is -0.650. The van der Waals surface area contributed by atoms with Gasteiger partial charge in [0.2, 0.25) is 0 Å². The zero-order valence-electron chi connectivity index (χ0n) is 14.4. The topological polar surface area (TPSA) is 55.8 Å². The summed E-state index contributed by atoms with van der Waals surface area (Å²) in [6, 6.07) is 1.14. The fraction of sp³-hybridized carbons (Fsp3) is 0.938. The van der Waals surface area contributed by atoms with Gasteiger partial charge in [0, 0.05) is 25.2 Å². The summed E-state index contributed by atoms with van der Waals surface area (Å²) >= 11 is 0. The highest BCUT2D eigenvalue weighted by Gasteiger charge is 2.35. The van der Waals surface area contributed by atoms with E-state index in [1.54, 1.807) is 0 Å². The van der Waals surface area contributed by atoms with Gasteiger partial charge < -0.3 is 15.3 Å². The molecule has 0 bridgehead atoms. The predicted octanol–water partition coefficient (Wildman–Crippen LogP) is 1.63. The van der Waals surface area contributed by atoms with Gasteiger partial charge in [-0.05, 0) is 53.2 Å². The third kappa shape index (κ3) is 4.66. The Morgan fingerprint density at radius 2 is 1.86 bits per heavy atom. The third-order valence-corrected chi connectivity index (χ3v) is 5.04. The van der Waals surface area contributed by atoms with E-state index in [0.29, 0.717) is 31.5 Å². The maximum atomic E-state index is 11.6. The van der Waals surface area contributed by atoms with E-state index in [9.17, 15) is 9.90 Å². The number of rotatable bonds is 8. The van der Waals surface area contributed by atoms with E-state index in [4.69, 9.17) is 0 Å². The predicted molar refractivity (Wildman–Crippen MR) is 86.7 cm³/mol. The molecule has 1 rings (SSSR count). The zero-order valence-corrected chi connectivity index (χ0v) is 14.4. The molecule has 1 fully saturated rings. The van der Waals surface area contributed by atoms with Gasteiger partial charge in [-0.1, -0.05) is 13.8 Å². The van der Waals surface area contributed by atoms with Crippen molar-refractivity contribution in [2.75, 3.05) is 33.2 Å². The number of nitrogens with zero attached hydrogens (tertiary/aromatic N) is 2. The number of hydrogen-bond acceptors (Lipinski definition) is 4. The van der Waals surface area contributed by atoms with Crippen molar-refractivity contribution in [3.63, 3.8) is 0 Å². The lowest BCUT2D eigenvalue weighted by atomic mass is 9.90. The zero-order chi connectivity index (χ0) is 16.0. The average molecular weight is 299 g/mol. The molecule has 3 atom stereocenters. The Morgan fingerprint density at radius 3 is 2.29 bits per heavy atom. The summed E-state index contributed by atoms with van der Waals surface area (Å²) < 4.78 is 0. The van der Waals surface area contributed by atoms with Gasteiger partial charge in [0.1, 0.15) is 5.54 Å². The van der Waals surface area contributed by atoms with Crippen molar-refractivity contribution in [3.05, 3.63) is 0 Å². The summed E-state index contributed by atoms with van der Waals surface area (Å²) in [6.45, 7) is 12.3. The van der Waals surface area contributed by atoms with Crippen molar-refractivity contribution < 1.29 is 9.90 Å². The molecular formula is C16H33N3O2. The second kappa shape index (κ2) is 8.11. The van der Waals surface area contributed by atoms with Gasteiger partial charge in [-0.15, -0.1) is 0 Å². The summed E-state index contributed by atoms with van der Waals surface area (Å²) in [5.41, 5.74) is -0.751. The van der Waals surface area contributed by atoms with Gasteiger partial charge in [0.25, 0.3) is 0 Å². The Labute approximate surface area is 129 Å². The molecule has 0 aromatic carbocycles. The molecule has 2 N–H and O–H groups in total. The first-order valence-electron chi connectivity index (χ1n) is 8.29. The number of nitrogens with one attached hydrogen (secondary N) is 1. The first kappa shape index (κ1) is 18.4. The average Bonchev–Trinajstić information content (AvgIpc) is 2.43. The summed E-state index contributed by atoms with van der Waals surface area (Å²) in [5.74, 6) is -0.716. The van der Waals surface area contributed by atoms with Crippen LogP contribution in [0, 0.1) is 0 Å². The van der Waals surface area contributed by atoms with Crippen LogP contribution in [-0.2, 0) is 4.79 Å². The second-order valence-electron chi connectivity index (χ2n) is 6.50. The van der Waals surface area contributed by atoms with E-state index in [0.717, 1.165) is 26.1 Å². The number of carbonyl (C=O) groups is 1. The lowest BCUT2D eigenvalue weighted by Gasteiger charge is -2.42. The summed E-state index contributed by atoms with van der Waals surface area (Å²) in [4.78, 5) is 16.5. The molecular weight excluding hydrogens is 266 g/mol. The number of piperazine rings is 1. The van der Waals surface area contributed by atoms with Crippen LogP contribution < -0.4 is 5.32 Å². The van der Waals surface area contributed by atoms with E-state index in [-0.39, 0.29) is 0 Å². The first-order valence-corrected chi connectivity index (χ1v) is 8.29. The molecule has 0 saturated carbocycles. The molecule has 0 aromatic rings. The molecule has 0 spiro atoms. The molecule has 3 unspecified atom stereocenters. The van der Waals surface area contributed by atoms with Crippen molar-refractivity contribution in [1.29, 1.82) is 0 Å². The Kier molecular flexibility index (Phi) is 7.10. The maximum absolute atomic E-state index is 11.6. The Balaban J connectivity index is 2.49. The van der Waals surface area contributed by atoms with Crippen molar-refractivity contribution in [2.24, 2.45) is 0 Å². The molecule has 0 radical (unpaired) electrons. The second-order valence-corrected chi connectivity index (χ2v) is 6.50. The maximum Gasteiger partial charge on any atom is 0.323 e. The van der Waals surface area contributed by atoms with Crippen LogP contribution in [0.4, 0.5) is 0 Å². The van der Waals surface area contributed by atoms with E-state index < -0.39 is 11.5 Å². The minimum Gasteiger partial charge on any atom is -0.480 e. The molecule has 1 aliphatic heterocycles. The van der Waals surface area contributed by atoms with Gasteiger partial charge in [-0.25, -0.2) is 0 Å². The van der Waals surface area contributed by atoms with E-state index >= 15 is 0 Å². The van der Waals surface area contributed by atoms with Crippen molar-refractivity contribution in [1.82, 2.24) is 15.1 Å². The van der Waals surface area contributed by atoms with Crippen LogP contribution in [0.2, 0.25) is 0 Å². The SMILES string of the molecule is CCNC(CC)(CCCN1CC(C)N(C)C(C)C1)C(=O)O. The van der Waals surface area contributed by atoms with Gasteiger partial charge in [-0.3, -0.25) is 9.69 Å². The number of hydrogen-bond donors (Lipinski definition) is 2. The molecule has 1 heterocycles. The highest BCUT2D eigenvalue weighted by atomic mass is 16.4. The molecule has 5 heteroatoms. The van der Waals surface area contributed by atoms with E-state index in [1.807, 2.05) is 13.8 Å². The first-order chi connectivity index (χ1) is 9.86. The Bertz CT molecular complexity index is 325. The largest absolute Gasteiger partial charge is 0.480 e. The number of aliphatic carboxylic acids is 1. The molecule has 5 nitrogen and oxygen atoms in total. The van der Waals surface area contributed by atoms with Crippen LogP contribution in [0.3, 0.4) is 0 Å². The lowest BCUT2D eigenvalue weighted by molar-refractivity contribution is -0.145. The quantitative estimate of drug-likeness (QED) is 0.713. The minimum absolute atomic E-state index is 0.568. The normalized spacial score (nSPS) is 27.5. The third-order valence-electron chi connectivity index (χ3n) is 5.04. The van der Waals surface area contributed by atoms with Crippen molar-refractivity contribution in [3.8, 4) is 0 Å². The van der Waals surface area contributed by atoms with Gasteiger partial charge in [0.15, 0.2) is 0 Å². The molecule has 21 heavy (non-hydrogen) atoms. The highest BCUT2D eigenvalue weighted by Crippen LogP contribution is 2.20. The van der Waals surface area contributed by atoms with Crippen LogP contribution in [0.5, 0.6) is 0 Å². The fourth-order valence-corrected chi connectivity index (χ4v) is 3.36. The molecule has 1 saturated heterocycles. The molecule has 0 aromatic heterocycles. The smallest absolute Gasteiger partial charge is 0.323 e. The standard InChI is InChI=1S/C16H33N3O2/c1-6-16(15(20)21,17-7-2)9-8-10-19-11-13(3)18(5)14(4)12-19/h13-14,17H,6-12H2,1-5H3,(H,20,21). The van der Waals surface area contributed by atoms with Crippen LogP contribution in [0.25, 0.3) is 0 Å². The van der Waals surface area contributed by atoms with Crippen LogP contribution in [0.15, 0.2) is 0 Å². The number of carboxylic acids is 1. The van der Waals surface area contributed by atoms with E-state index in [1.165, 1.54) is 0 Å². The monoisotopic (exact) mass is 299 g/mol. The highest BCUT2D eigenvalue weighted by molar-refractivity contribution is 5.78. The van der Waals surface area contributed by atoms with Gasteiger partial charge in [0.05, 0.1) is 0 Å². The van der Waals surface area contributed by atoms with E-state index in [2.05, 4.69) is 36.0 Å². The van der Waals surface area contributed by atoms with Crippen molar-refractivity contribution >= 4 is 5.97 Å². The fourth-order valence-electron chi connectivity index (χ4n) is 3.36.